The number of hydrogen-bond acceptors (Lipinski definition) is 4. The van der Waals surface area contributed by atoms with Gasteiger partial charge >= 0.3 is 6.09 Å². The van der Waals surface area contributed by atoms with Gasteiger partial charge in [0.05, 0.1) is 11.8 Å². The first-order valence-electron chi connectivity index (χ1n) is 5.90. The van der Waals surface area contributed by atoms with Crippen molar-refractivity contribution >= 4 is 11.8 Å². The van der Waals surface area contributed by atoms with Crippen LogP contribution in [0.15, 0.2) is 18.2 Å². The molecule has 0 heterocycles. The monoisotopic (exact) mass is 270 g/mol. The molecule has 0 saturated heterocycles. The fourth-order valence-electron chi connectivity index (χ4n) is 1.40. The van der Waals surface area contributed by atoms with E-state index >= 15 is 0 Å². The summed E-state index contributed by atoms with van der Waals surface area (Å²) < 4.78 is 18.6. The van der Waals surface area contributed by atoms with Gasteiger partial charge in [-0.1, -0.05) is 6.07 Å². The van der Waals surface area contributed by atoms with Gasteiger partial charge in [0.1, 0.15) is 11.4 Å². The third-order valence-electron chi connectivity index (χ3n) is 2.23. The number of ether oxygens (including phenoxy) is 1. The van der Waals surface area contributed by atoms with Gasteiger partial charge in [0.2, 0.25) is 0 Å². The van der Waals surface area contributed by atoms with Crippen LogP contribution < -0.4 is 11.1 Å². The van der Waals surface area contributed by atoms with E-state index in [0.717, 1.165) is 6.07 Å². The maximum atomic E-state index is 13.5. The summed E-state index contributed by atoms with van der Waals surface area (Å²) >= 11 is 0. The Kier molecular flexibility index (Phi) is 4.85. The summed E-state index contributed by atoms with van der Waals surface area (Å²) in [7, 11) is 0. The zero-order valence-corrected chi connectivity index (χ0v) is 11.2. The number of hydrogen-bond donors (Lipinski definition) is 3. The number of nitrogens with two attached hydrogens (primary N) is 1. The Morgan fingerprint density at radius 2 is 2.16 bits per heavy atom. The molecule has 0 bridgehead atoms. The zero-order valence-electron chi connectivity index (χ0n) is 11.2. The van der Waals surface area contributed by atoms with Gasteiger partial charge in [0, 0.05) is 6.54 Å². The number of halogens is 1. The molecule has 0 spiro atoms. The lowest BCUT2D eigenvalue weighted by atomic mass is 10.1. The first-order valence-corrected chi connectivity index (χ1v) is 5.90. The predicted molar refractivity (Wildman–Crippen MR) is 70.3 cm³/mol. The molecular formula is C13H19FN2O3. The highest BCUT2D eigenvalue weighted by molar-refractivity contribution is 5.85. The van der Waals surface area contributed by atoms with Crippen molar-refractivity contribution in [3.63, 3.8) is 0 Å². The smallest absolute Gasteiger partial charge is 0.412 e. The van der Waals surface area contributed by atoms with E-state index in [1.807, 2.05) is 0 Å². The van der Waals surface area contributed by atoms with Crippen LogP contribution in [-0.4, -0.2) is 23.3 Å². The van der Waals surface area contributed by atoms with Gasteiger partial charge in [-0.05, 0) is 38.5 Å². The maximum Gasteiger partial charge on any atom is 0.412 e. The molecule has 1 aromatic carbocycles. The second-order valence-electron chi connectivity index (χ2n) is 5.12. The summed E-state index contributed by atoms with van der Waals surface area (Å²) in [4.78, 5) is 11.5. The molecule has 6 heteroatoms. The van der Waals surface area contributed by atoms with Crippen LogP contribution in [0, 0.1) is 5.82 Å². The van der Waals surface area contributed by atoms with E-state index in [1.54, 1.807) is 20.8 Å². The third kappa shape index (κ3) is 4.84. The predicted octanol–water partition coefficient (Wildman–Crippen LogP) is 2.16. The second-order valence-corrected chi connectivity index (χ2v) is 5.12. The second kappa shape index (κ2) is 5.99. The van der Waals surface area contributed by atoms with Crippen LogP contribution in [0.25, 0.3) is 0 Å². The molecule has 1 amide bonds. The number of carbonyl (C=O) groups is 1. The van der Waals surface area contributed by atoms with Gasteiger partial charge in [-0.2, -0.15) is 0 Å². The number of benzene rings is 1. The van der Waals surface area contributed by atoms with Crippen LogP contribution in [0.4, 0.5) is 14.9 Å². The Morgan fingerprint density at radius 1 is 1.53 bits per heavy atom. The Bertz CT molecular complexity index is 458. The van der Waals surface area contributed by atoms with Crippen molar-refractivity contribution in [1.29, 1.82) is 0 Å². The van der Waals surface area contributed by atoms with Crippen molar-refractivity contribution in [3.8, 4) is 0 Å². The SMILES string of the molecule is CC(C)(C)OC(=O)Nc1cc(C(O)CN)ccc1F. The average Bonchev–Trinajstić information content (AvgIpc) is 2.28. The maximum absolute atomic E-state index is 13.5. The molecule has 1 rings (SSSR count). The normalized spacial score (nSPS) is 12.9. The summed E-state index contributed by atoms with van der Waals surface area (Å²) in [6.45, 7) is 5.13. The summed E-state index contributed by atoms with van der Waals surface area (Å²) in [5.74, 6) is -0.612. The highest BCUT2D eigenvalue weighted by atomic mass is 19.1. The molecule has 5 nitrogen and oxygen atoms in total. The van der Waals surface area contributed by atoms with Crippen LogP contribution in [0.3, 0.4) is 0 Å². The number of aliphatic hydroxyl groups excluding tert-OH is 1. The molecule has 0 radical (unpaired) electrons. The fourth-order valence-corrected chi connectivity index (χ4v) is 1.40. The van der Waals surface area contributed by atoms with Crippen molar-refractivity contribution in [1.82, 2.24) is 0 Å². The molecule has 0 aliphatic heterocycles. The Morgan fingerprint density at radius 3 is 2.68 bits per heavy atom. The van der Waals surface area contributed by atoms with Crippen molar-refractivity contribution in [2.24, 2.45) is 5.73 Å². The minimum absolute atomic E-state index is 0.0114. The Balaban J connectivity index is 2.85. The first-order chi connectivity index (χ1) is 8.73. The number of nitrogens with one attached hydrogen (secondary N) is 1. The number of rotatable bonds is 3. The van der Waals surface area contributed by atoms with Crippen molar-refractivity contribution in [3.05, 3.63) is 29.6 Å². The topological polar surface area (TPSA) is 84.6 Å². The molecule has 1 unspecified atom stereocenters. The number of anilines is 1. The first kappa shape index (κ1) is 15.4. The summed E-state index contributed by atoms with van der Waals surface area (Å²) in [5, 5.41) is 11.9. The van der Waals surface area contributed by atoms with E-state index in [4.69, 9.17) is 10.5 Å². The lowest BCUT2D eigenvalue weighted by Crippen LogP contribution is -2.27. The van der Waals surface area contributed by atoms with Crippen LogP contribution in [0.2, 0.25) is 0 Å². The van der Waals surface area contributed by atoms with Gasteiger partial charge in [0.15, 0.2) is 0 Å². The molecule has 0 saturated carbocycles. The van der Waals surface area contributed by atoms with Gasteiger partial charge < -0.3 is 15.6 Å². The fraction of sp³-hybridized carbons (Fsp3) is 0.462. The minimum Gasteiger partial charge on any atom is -0.444 e. The molecule has 4 N–H and O–H groups in total. The number of amides is 1. The number of carbonyl (C=O) groups excluding carboxylic acids is 1. The minimum atomic E-state index is -0.903. The van der Waals surface area contributed by atoms with Crippen molar-refractivity contribution < 1.29 is 19.0 Å². The van der Waals surface area contributed by atoms with Gasteiger partial charge in [0.25, 0.3) is 0 Å². The van der Waals surface area contributed by atoms with Gasteiger partial charge in [-0.25, -0.2) is 9.18 Å². The zero-order chi connectivity index (χ0) is 14.6. The largest absolute Gasteiger partial charge is 0.444 e. The average molecular weight is 270 g/mol. The van der Waals surface area contributed by atoms with Gasteiger partial charge in [-0.3, -0.25) is 5.32 Å². The van der Waals surface area contributed by atoms with E-state index in [9.17, 15) is 14.3 Å². The molecule has 19 heavy (non-hydrogen) atoms. The molecule has 1 atom stereocenters. The lowest BCUT2D eigenvalue weighted by Gasteiger charge is -2.20. The third-order valence-corrected chi connectivity index (χ3v) is 2.23. The number of aliphatic hydroxyl groups is 1. The van der Waals surface area contributed by atoms with Crippen LogP contribution in [0.1, 0.15) is 32.4 Å². The summed E-state index contributed by atoms with van der Waals surface area (Å²) in [6, 6.07) is 3.89. The summed E-state index contributed by atoms with van der Waals surface area (Å²) in [6.07, 6.45) is -1.66. The van der Waals surface area contributed by atoms with E-state index in [0.29, 0.717) is 5.56 Å². The van der Waals surface area contributed by atoms with E-state index in [2.05, 4.69) is 5.32 Å². The molecule has 0 fully saturated rings. The molecular weight excluding hydrogens is 251 g/mol. The molecule has 1 aromatic rings. The highest BCUT2D eigenvalue weighted by Gasteiger charge is 2.18. The van der Waals surface area contributed by atoms with Crippen LogP contribution in [-0.2, 0) is 4.74 Å². The molecule has 0 aliphatic rings. The molecule has 0 aliphatic carbocycles. The Hall–Kier alpha value is -1.66. The van der Waals surface area contributed by atoms with Crippen molar-refractivity contribution in [2.45, 2.75) is 32.5 Å². The Labute approximate surface area is 111 Å². The van der Waals surface area contributed by atoms with E-state index in [1.165, 1.54) is 12.1 Å². The van der Waals surface area contributed by atoms with Crippen LogP contribution in [0.5, 0.6) is 0 Å². The standard InChI is InChI=1S/C13H19FN2O3/c1-13(2,3)19-12(18)16-10-6-8(11(17)7-15)4-5-9(10)14/h4-6,11,17H,7,15H2,1-3H3,(H,16,18). The van der Waals surface area contributed by atoms with Crippen molar-refractivity contribution in [2.75, 3.05) is 11.9 Å². The van der Waals surface area contributed by atoms with E-state index in [-0.39, 0.29) is 12.2 Å². The quantitative estimate of drug-likeness (QED) is 0.785. The molecule has 0 aromatic heterocycles. The highest BCUT2D eigenvalue weighted by Crippen LogP contribution is 2.21. The van der Waals surface area contributed by atoms with Gasteiger partial charge in [-0.15, -0.1) is 0 Å². The lowest BCUT2D eigenvalue weighted by molar-refractivity contribution is 0.0635. The molecule has 106 valence electrons. The van der Waals surface area contributed by atoms with E-state index < -0.39 is 23.6 Å². The van der Waals surface area contributed by atoms with Crippen LogP contribution >= 0.6 is 0 Å². The summed E-state index contributed by atoms with van der Waals surface area (Å²) in [5.41, 5.74) is 5.02.